The third-order valence-electron chi connectivity index (χ3n) is 2.17. The van der Waals surface area contributed by atoms with Crippen LogP contribution in [0.2, 0.25) is 0 Å². The van der Waals surface area contributed by atoms with E-state index in [-0.39, 0.29) is 32.4 Å². The van der Waals surface area contributed by atoms with Crippen molar-refractivity contribution < 1.29 is 27.7 Å². The van der Waals surface area contributed by atoms with Crippen molar-refractivity contribution in [2.24, 2.45) is 5.41 Å². The fraction of sp³-hybridized carbons (Fsp3) is 0.857. The molecule has 0 N–H and O–H groups in total. The van der Waals surface area contributed by atoms with Crippen molar-refractivity contribution in [2.45, 2.75) is 6.92 Å². The van der Waals surface area contributed by atoms with Gasteiger partial charge in [-0.25, -0.2) is 4.57 Å². The van der Waals surface area contributed by atoms with Crippen molar-refractivity contribution in [2.75, 3.05) is 26.4 Å². The average Bonchev–Trinajstić information content (AvgIpc) is 2.17. The minimum atomic E-state index is -3.26. The fourth-order valence-corrected chi connectivity index (χ4v) is 2.78. The molecular weight excluding hydrogens is 211 g/mol. The van der Waals surface area contributed by atoms with Crippen molar-refractivity contribution >= 4 is 13.8 Å². The molecule has 0 amide bonds. The summed E-state index contributed by atoms with van der Waals surface area (Å²) in [5.41, 5.74) is -0.488. The number of phosphoric ester groups is 1. The standard InChI is InChI=1S/C7H11O6P/c1-6(8)10-2-7-3-11-14(9,12-4-7)13-5-7/h2-5H2,1H3. The van der Waals surface area contributed by atoms with E-state index in [1.54, 1.807) is 0 Å². The van der Waals surface area contributed by atoms with Gasteiger partial charge in [0.05, 0.1) is 25.2 Å². The number of fused-ring (bicyclic) bond motifs is 3. The maximum Gasteiger partial charge on any atom is 0.474 e. The van der Waals surface area contributed by atoms with Gasteiger partial charge in [0.1, 0.15) is 6.61 Å². The van der Waals surface area contributed by atoms with Crippen molar-refractivity contribution in [3.63, 3.8) is 0 Å². The molecule has 0 saturated carbocycles. The van der Waals surface area contributed by atoms with Gasteiger partial charge in [0, 0.05) is 6.92 Å². The van der Waals surface area contributed by atoms with Gasteiger partial charge in [-0.05, 0) is 0 Å². The van der Waals surface area contributed by atoms with E-state index in [2.05, 4.69) is 0 Å². The molecule has 2 bridgehead atoms. The Labute approximate surface area is 81.1 Å². The molecule has 6 nitrogen and oxygen atoms in total. The zero-order valence-corrected chi connectivity index (χ0v) is 8.62. The van der Waals surface area contributed by atoms with E-state index >= 15 is 0 Å². The summed E-state index contributed by atoms with van der Waals surface area (Å²) in [5, 5.41) is 0. The number of phosphoric acid groups is 1. The first-order chi connectivity index (χ1) is 6.54. The molecule has 0 spiro atoms. The van der Waals surface area contributed by atoms with E-state index in [4.69, 9.17) is 18.3 Å². The molecule has 3 heterocycles. The maximum absolute atomic E-state index is 11.3. The number of carbonyl (C=O) groups excluding carboxylic acids is 1. The van der Waals surface area contributed by atoms with E-state index in [0.717, 1.165) is 0 Å². The molecule has 3 rings (SSSR count). The summed E-state index contributed by atoms with van der Waals surface area (Å²) >= 11 is 0. The Hall–Kier alpha value is -0.420. The van der Waals surface area contributed by atoms with E-state index in [0.29, 0.717) is 0 Å². The predicted molar refractivity (Wildman–Crippen MR) is 44.5 cm³/mol. The normalized spacial score (nSPS) is 40.9. The minimum Gasteiger partial charge on any atom is -0.465 e. The first kappa shape index (κ1) is 10.1. The highest BCUT2D eigenvalue weighted by atomic mass is 31.2. The first-order valence-corrected chi connectivity index (χ1v) is 5.67. The second-order valence-corrected chi connectivity index (χ2v) is 5.22. The van der Waals surface area contributed by atoms with Crippen LogP contribution in [0.15, 0.2) is 0 Å². The molecule has 0 atom stereocenters. The lowest BCUT2D eigenvalue weighted by molar-refractivity contribution is -0.157. The molecule has 0 aromatic carbocycles. The Morgan fingerprint density at radius 1 is 1.36 bits per heavy atom. The van der Waals surface area contributed by atoms with E-state index in [1.165, 1.54) is 6.92 Å². The number of ether oxygens (including phenoxy) is 1. The maximum atomic E-state index is 11.3. The van der Waals surface area contributed by atoms with Crippen LogP contribution in [0.5, 0.6) is 0 Å². The van der Waals surface area contributed by atoms with Gasteiger partial charge in [-0.15, -0.1) is 0 Å². The lowest BCUT2D eigenvalue weighted by Crippen LogP contribution is -2.48. The van der Waals surface area contributed by atoms with Crippen LogP contribution in [-0.2, 0) is 27.7 Å². The van der Waals surface area contributed by atoms with Crippen LogP contribution in [0, 0.1) is 5.41 Å². The van der Waals surface area contributed by atoms with Crippen LogP contribution in [0.25, 0.3) is 0 Å². The summed E-state index contributed by atoms with van der Waals surface area (Å²) in [6, 6.07) is 0. The number of hydrogen-bond donors (Lipinski definition) is 0. The van der Waals surface area contributed by atoms with Crippen LogP contribution < -0.4 is 0 Å². The molecule has 0 aromatic heterocycles. The molecule has 3 aliphatic rings. The molecule has 0 aromatic rings. The van der Waals surface area contributed by atoms with Crippen LogP contribution in [0.1, 0.15) is 6.92 Å². The van der Waals surface area contributed by atoms with Crippen molar-refractivity contribution in [3.05, 3.63) is 0 Å². The SMILES string of the molecule is CC(=O)OCC12COP(=O)(OC1)OC2. The molecule has 3 saturated heterocycles. The summed E-state index contributed by atoms with van der Waals surface area (Å²) in [6.07, 6.45) is 0. The van der Waals surface area contributed by atoms with Crippen LogP contribution in [-0.4, -0.2) is 32.4 Å². The van der Waals surface area contributed by atoms with Gasteiger partial charge in [-0.3, -0.25) is 18.4 Å². The minimum absolute atomic E-state index is 0.169. The van der Waals surface area contributed by atoms with Gasteiger partial charge in [0.2, 0.25) is 0 Å². The Bertz CT molecular complexity index is 269. The highest BCUT2D eigenvalue weighted by Gasteiger charge is 2.51. The molecular formula is C7H11O6P. The number of hydrogen-bond acceptors (Lipinski definition) is 6. The van der Waals surface area contributed by atoms with E-state index < -0.39 is 13.2 Å². The van der Waals surface area contributed by atoms with Crippen LogP contribution in [0.4, 0.5) is 0 Å². The van der Waals surface area contributed by atoms with Crippen molar-refractivity contribution in [1.29, 1.82) is 0 Å². The van der Waals surface area contributed by atoms with Gasteiger partial charge in [0.25, 0.3) is 0 Å². The highest BCUT2D eigenvalue weighted by molar-refractivity contribution is 7.48. The summed E-state index contributed by atoms with van der Waals surface area (Å²) < 4.78 is 31.0. The van der Waals surface area contributed by atoms with Gasteiger partial charge in [-0.1, -0.05) is 0 Å². The molecule has 0 radical (unpaired) electrons. The molecule has 0 unspecified atom stereocenters. The zero-order chi connectivity index (χ0) is 10.2. The van der Waals surface area contributed by atoms with Crippen molar-refractivity contribution in [3.8, 4) is 0 Å². The second kappa shape index (κ2) is 3.31. The van der Waals surface area contributed by atoms with Gasteiger partial charge < -0.3 is 4.74 Å². The molecule has 7 heteroatoms. The molecule has 80 valence electrons. The quantitative estimate of drug-likeness (QED) is 0.506. The monoisotopic (exact) mass is 222 g/mol. The first-order valence-electron chi connectivity index (χ1n) is 4.21. The number of carbonyl (C=O) groups is 1. The Morgan fingerprint density at radius 3 is 2.29 bits per heavy atom. The predicted octanol–water partition coefficient (Wildman–Crippen LogP) is 0.721. The highest BCUT2D eigenvalue weighted by Crippen LogP contribution is 2.59. The second-order valence-electron chi connectivity index (χ2n) is 3.55. The van der Waals surface area contributed by atoms with Crippen LogP contribution in [0.3, 0.4) is 0 Å². The third kappa shape index (κ3) is 1.83. The van der Waals surface area contributed by atoms with Gasteiger partial charge >= 0.3 is 13.8 Å². The third-order valence-corrected chi connectivity index (χ3v) is 3.50. The summed E-state index contributed by atoms with van der Waals surface area (Å²) in [7, 11) is -3.26. The Balaban J connectivity index is 1.98. The molecule has 0 aliphatic carbocycles. The molecule has 3 aliphatic heterocycles. The van der Waals surface area contributed by atoms with Gasteiger partial charge in [0.15, 0.2) is 0 Å². The van der Waals surface area contributed by atoms with Crippen molar-refractivity contribution in [1.82, 2.24) is 0 Å². The smallest absolute Gasteiger partial charge is 0.465 e. The Morgan fingerprint density at radius 2 is 1.86 bits per heavy atom. The van der Waals surface area contributed by atoms with E-state index in [9.17, 15) is 9.36 Å². The molecule has 14 heavy (non-hydrogen) atoms. The topological polar surface area (TPSA) is 71.1 Å². The van der Waals surface area contributed by atoms with E-state index in [1.807, 2.05) is 0 Å². The summed E-state index contributed by atoms with van der Waals surface area (Å²) in [6.45, 7) is 2.24. The molecule has 3 fully saturated rings. The summed E-state index contributed by atoms with van der Waals surface area (Å²) in [5.74, 6) is -0.362. The largest absolute Gasteiger partial charge is 0.474 e. The zero-order valence-electron chi connectivity index (χ0n) is 7.73. The lowest BCUT2D eigenvalue weighted by Gasteiger charge is -2.43. The lowest BCUT2D eigenvalue weighted by atomic mass is 9.92. The summed E-state index contributed by atoms with van der Waals surface area (Å²) in [4.78, 5) is 10.6. The Kier molecular flexibility index (Phi) is 2.39. The average molecular weight is 222 g/mol. The number of rotatable bonds is 2. The fourth-order valence-electron chi connectivity index (χ4n) is 1.26. The van der Waals surface area contributed by atoms with Gasteiger partial charge in [-0.2, -0.15) is 0 Å². The number of esters is 1. The van der Waals surface area contributed by atoms with Crippen LogP contribution >= 0.6 is 7.82 Å².